The quantitative estimate of drug-likeness (QED) is 0.640. The molecule has 5 heteroatoms. The van der Waals surface area contributed by atoms with Gasteiger partial charge >= 0.3 is 11.8 Å². The molecule has 4 nitrogen and oxygen atoms in total. The predicted octanol–water partition coefficient (Wildman–Crippen LogP) is 1.75. The highest BCUT2D eigenvalue weighted by atomic mass is 127. The lowest BCUT2D eigenvalue weighted by Crippen LogP contribution is -2.39. The molecule has 1 rings (SSSR count). The van der Waals surface area contributed by atoms with Crippen LogP contribution in [0.4, 0.5) is 5.69 Å². The molecule has 0 fully saturated rings. The summed E-state index contributed by atoms with van der Waals surface area (Å²) in [4.78, 5) is 22.7. The molecule has 0 radical (unpaired) electrons. The Kier molecular flexibility index (Phi) is 4.72. The highest BCUT2D eigenvalue weighted by Crippen LogP contribution is 2.10. The van der Waals surface area contributed by atoms with Crippen LogP contribution >= 0.6 is 22.6 Å². The molecule has 86 valence electrons. The van der Waals surface area contributed by atoms with Crippen LogP contribution in [0.3, 0.4) is 0 Å². The van der Waals surface area contributed by atoms with E-state index in [1.165, 1.54) is 0 Å². The molecule has 1 aromatic rings. The maximum absolute atomic E-state index is 11.4. The number of anilines is 1. The third-order valence-corrected chi connectivity index (χ3v) is 2.45. The van der Waals surface area contributed by atoms with Gasteiger partial charge in [-0.25, -0.2) is 0 Å². The molecule has 2 amide bonds. The zero-order chi connectivity index (χ0) is 12.1. The van der Waals surface area contributed by atoms with Crippen molar-refractivity contribution in [3.63, 3.8) is 0 Å². The van der Waals surface area contributed by atoms with Gasteiger partial charge in [0.15, 0.2) is 0 Å². The van der Waals surface area contributed by atoms with Crippen molar-refractivity contribution in [2.45, 2.75) is 19.9 Å². The third kappa shape index (κ3) is 4.18. The zero-order valence-corrected chi connectivity index (χ0v) is 11.2. The predicted molar refractivity (Wildman–Crippen MR) is 71.1 cm³/mol. The Morgan fingerprint density at radius 1 is 1.12 bits per heavy atom. The Bertz CT molecular complexity index is 387. The second-order valence-corrected chi connectivity index (χ2v) is 4.83. The number of carbonyl (C=O) groups excluding carboxylic acids is 2. The molecule has 1 aromatic carbocycles. The monoisotopic (exact) mass is 332 g/mol. The molecule has 0 spiro atoms. The summed E-state index contributed by atoms with van der Waals surface area (Å²) in [5.41, 5.74) is 0.615. The van der Waals surface area contributed by atoms with Crippen LogP contribution < -0.4 is 10.6 Å². The maximum Gasteiger partial charge on any atom is 0.313 e. The third-order valence-electron chi connectivity index (χ3n) is 1.73. The molecule has 16 heavy (non-hydrogen) atoms. The summed E-state index contributed by atoms with van der Waals surface area (Å²) in [7, 11) is 0. The fourth-order valence-electron chi connectivity index (χ4n) is 1.05. The van der Waals surface area contributed by atoms with E-state index in [0.29, 0.717) is 5.69 Å². The van der Waals surface area contributed by atoms with Crippen molar-refractivity contribution in [1.29, 1.82) is 0 Å². The molecule has 0 unspecified atom stereocenters. The standard InChI is InChI=1S/C11H13IN2O2/c1-7(2)13-10(15)11(16)14-9-5-3-8(12)4-6-9/h3-7H,1-2H3,(H,13,15)(H,14,16). The van der Waals surface area contributed by atoms with Gasteiger partial charge in [0.2, 0.25) is 0 Å². The number of benzene rings is 1. The van der Waals surface area contributed by atoms with Crippen molar-refractivity contribution in [1.82, 2.24) is 5.32 Å². The van der Waals surface area contributed by atoms with Crippen LogP contribution in [0.15, 0.2) is 24.3 Å². The highest BCUT2D eigenvalue weighted by Gasteiger charge is 2.13. The summed E-state index contributed by atoms with van der Waals surface area (Å²) in [5, 5.41) is 5.04. The summed E-state index contributed by atoms with van der Waals surface area (Å²) < 4.78 is 1.07. The number of carbonyl (C=O) groups is 2. The Hall–Kier alpha value is -1.11. The van der Waals surface area contributed by atoms with Crippen LogP contribution in [0.25, 0.3) is 0 Å². The molecular formula is C11H13IN2O2. The van der Waals surface area contributed by atoms with Crippen molar-refractivity contribution in [2.75, 3.05) is 5.32 Å². The SMILES string of the molecule is CC(C)NC(=O)C(=O)Nc1ccc(I)cc1. The molecule has 0 heterocycles. The number of halogens is 1. The van der Waals surface area contributed by atoms with E-state index < -0.39 is 11.8 Å². The Labute approximate surface area is 108 Å². The molecule has 0 saturated carbocycles. The first-order chi connectivity index (χ1) is 7.49. The van der Waals surface area contributed by atoms with E-state index in [-0.39, 0.29) is 6.04 Å². The minimum absolute atomic E-state index is 0.0463. The van der Waals surface area contributed by atoms with Crippen molar-refractivity contribution in [2.24, 2.45) is 0 Å². The van der Waals surface area contributed by atoms with E-state index in [9.17, 15) is 9.59 Å². The van der Waals surface area contributed by atoms with Gasteiger partial charge in [-0.1, -0.05) is 0 Å². The van der Waals surface area contributed by atoms with Crippen LogP contribution in [-0.2, 0) is 9.59 Å². The van der Waals surface area contributed by atoms with E-state index in [4.69, 9.17) is 0 Å². The van der Waals surface area contributed by atoms with E-state index in [0.717, 1.165) is 3.57 Å². The molecule has 0 saturated heterocycles. The number of amides is 2. The van der Waals surface area contributed by atoms with Crippen LogP contribution in [0.2, 0.25) is 0 Å². The summed E-state index contributed by atoms with van der Waals surface area (Å²) in [6, 6.07) is 7.17. The van der Waals surface area contributed by atoms with Gasteiger partial charge in [0, 0.05) is 15.3 Å². The van der Waals surface area contributed by atoms with Crippen LogP contribution in [-0.4, -0.2) is 17.9 Å². The lowest BCUT2D eigenvalue weighted by atomic mass is 10.3. The summed E-state index contributed by atoms with van der Waals surface area (Å²) in [5.74, 6) is -1.26. The lowest BCUT2D eigenvalue weighted by molar-refractivity contribution is -0.136. The molecule has 0 aromatic heterocycles. The first-order valence-corrected chi connectivity index (χ1v) is 5.94. The minimum Gasteiger partial charge on any atom is -0.346 e. The summed E-state index contributed by atoms with van der Waals surface area (Å²) >= 11 is 2.17. The maximum atomic E-state index is 11.4. The molecule has 0 bridgehead atoms. The van der Waals surface area contributed by atoms with Crippen LogP contribution in [0.1, 0.15) is 13.8 Å². The van der Waals surface area contributed by atoms with E-state index in [1.54, 1.807) is 26.0 Å². The average Bonchev–Trinajstić information content (AvgIpc) is 2.20. The number of hydrogen-bond donors (Lipinski definition) is 2. The second-order valence-electron chi connectivity index (χ2n) is 3.59. The largest absolute Gasteiger partial charge is 0.346 e. The number of nitrogens with one attached hydrogen (secondary N) is 2. The van der Waals surface area contributed by atoms with Crippen LogP contribution in [0.5, 0.6) is 0 Å². The first-order valence-electron chi connectivity index (χ1n) is 4.86. The fraction of sp³-hybridized carbons (Fsp3) is 0.273. The van der Waals surface area contributed by atoms with Gasteiger partial charge in [-0.15, -0.1) is 0 Å². The van der Waals surface area contributed by atoms with E-state index in [2.05, 4.69) is 33.2 Å². The van der Waals surface area contributed by atoms with Crippen molar-refractivity contribution in [3.05, 3.63) is 27.8 Å². The fourth-order valence-corrected chi connectivity index (χ4v) is 1.41. The van der Waals surface area contributed by atoms with Gasteiger partial charge in [0.05, 0.1) is 0 Å². The Morgan fingerprint density at radius 3 is 2.19 bits per heavy atom. The molecular weight excluding hydrogens is 319 g/mol. The van der Waals surface area contributed by atoms with Gasteiger partial charge in [-0.3, -0.25) is 9.59 Å². The minimum atomic E-state index is -0.644. The molecule has 2 N–H and O–H groups in total. The van der Waals surface area contributed by atoms with Gasteiger partial charge in [0.1, 0.15) is 0 Å². The van der Waals surface area contributed by atoms with Gasteiger partial charge in [0.25, 0.3) is 0 Å². The molecule has 0 aliphatic carbocycles. The Balaban J connectivity index is 2.57. The van der Waals surface area contributed by atoms with Crippen molar-refractivity contribution in [3.8, 4) is 0 Å². The highest BCUT2D eigenvalue weighted by molar-refractivity contribution is 14.1. The Morgan fingerprint density at radius 2 is 1.69 bits per heavy atom. The normalized spacial score (nSPS) is 10.0. The van der Waals surface area contributed by atoms with E-state index >= 15 is 0 Å². The molecule has 0 aliphatic heterocycles. The average molecular weight is 332 g/mol. The zero-order valence-electron chi connectivity index (χ0n) is 9.08. The first kappa shape index (κ1) is 13.0. The van der Waals surface area contributed by atoms with Crippen LogP contribution in [0, 0.1) is 3.57 Å². The van der Waals surface area contributed by atoms with Crippen molar-refractivity contribution >= 4 is 40.1 Å². The smallest absolute Gasteiger partial charge is 0.313 e. The summed E-state index contributed by atoms with van der Waals surface area (Å²) in [6.07, 6.45) is 0. The second kappa shape index (κ2) is 5.83. The number of rotatable bonds is 2. The van der Waals surface area contributed by atoms with Gasteiger partial charge in [-0.2, -0.15) is 0 Å². The number of hydrogen-bond acceptors (Lipinski definition) is 2. The van der Waals surface area contributed by atoms with E-state index in [1.807, 2.05) is 12.1 Å². The van der Waals surface area contributed by atoms with Gasteiger partial charge in [-0.05, 0) is 60.7 Å². The van der Waals surface area contributed by atoms with Crippen molar-refractivity contribution < 1.29 is 9.59 Å². The molecule has 0 atom stereocenters. The molecule has 0 aliphatic rings. The lowest BCUT2D eigenvalue weighted by Gasteiger charge is -2.08. The van der Waals surface area contributed by atoms with Gasteiger partial charge < -0.3 is 10.6 Å². The topological polar surface area (TPSA) is 58.2 Å². The summed E-state index contributed by atoms with van der Waals surface area (Å²) in [6.45, 7) is 3.60.